The molecule has 2 rings (SSSR count). The predicted molar refractivity (Wildman–Crippen MR) is 74.0 cm³/mol. The molecule has 106 valence electrons. The van der Waals surface area contributed by atoms with Crippen molar-refractivity contribution >= 4 is 5.91 Å². The number of morpholine rings is 1. The number of amides is 1. The van der Waals surface area contributed by atoms with E-state index in [2.05, 4.69) is 6.92 Å². The van der Waals surface area contributed by atoms with E-state index in [0.717, 1.165) is 18.7 Å². The minimum absolute atomic E-state index is 0.0574. The Labute approximate surface area is 114 Å². The van der Waals surface area contributed by atoms with Gasteiger partial charge in [0.1, 0.15) is 5.69 Å². The quantitative estimate of drug-likeness (QED) is 0.886. The van der Waals surface area contributed by atoms with E-state index in [1.165, 1.54) is 0 Å². The molecule has 2 atom stereocenters. The van der Waals surface area contributed by atoms with Crippen LogP contribution in [0.1, 0.15) is 30.8 Å². The highest BCUT2D eigenvalue weighted by atomic mass is 16.5. The summed E-state index contributed by atoms with van der Waals surface area (Å²) in [5.74, 6) is 0.0763. The lowest BCUT2D eigenvalue weighted by Gasteiger charge is -2.34. The molecule has 1 amide bonds. The number of carbonyl (C=O) groups is 1. The number of aromatic nitrogens is 1. The fourth-order valence-electron chi connectivity index (χ4n) is 2.38. The molecule has 0 radical (unpaired) electrons. The number of nitrogens with zero attached hydrogens (tertiary/aromatic N) is 2. The van der Waals surface area contributed by atoms with Crippen LogP contribution in [0.4, 0.5) is 0 Å². The van der Waals surface area contributed by atoms with Crippen LogP contribution in [-0.4, -0.2) is 47.2 Å². The molecule has 5 nitrogen and oxygen atoms in total. The maximum Gasteiger partial charge on any atom is 0.270 e. The third kappa shape index (κ3) is 3.16. The molecule has 1 aromatic rings. The monoisotopic (exact) mass is 265 g/mol. The van der Waals surface area contributed by atoms with Gasteiger partial charge in [-0.05, 0) is 25.5 Å². The Hall–Kier alpha value is -1.33. The molecule has 19 heavy (non-hydrogen) atoms. The number of nitrogens with two attached hydrogens (primary N) is 1. The number of carbonyl (C=O) groups excluding carboxylic acids is 1. The van der Waals surface area contributed by atoms with Crippen molar-refractivity contribution in [3.63, 3.8) is 0 Å². The predicted octanol–water partition coefficient (Wildman–Crippen LogP) is 1.09. The zero-order valence-corrected chi connectivity index (χ0v) is 11.7. The zero-order valence-electron chi connectivity index (χ0n) is 11.7. The standard InChI is InChI=1S/C14H23N3O2/c1-3-6-16-7-4-5-12(16)14(18)17-8-9-19-13(10-17)11(2)15/h4-5,7,11,13H,3,6,8-10,15H2,1-2H3. The van der Waals surface area contributed by atoms with Gasteiger partial charge in [-0.1, -0.05) is 6.92 Å². The van der Waals surface area contributed by atoms with Gasteiger partial charge in [0.2, 0.25) is 0 Å². The maximum absolute atomic E-state index is 12.5. The molecule has 2 N–H and O–H groups in total. The van der Waals surface area contributed by atoms with Gasteiger partial charge in [0.25, 0.3) is 5.91 Å². The van der Waals surface area contributed by atoms with Gasteiger partial charge in [-0.2, -0.15) is 0 Å². The van der Waals surface area contributed by atoms with Crippen molar-refractivity contribution in [1.82, 2.24) is 9.47 Å². The average molecular weight is 265 g/mol. The van der Waals surface area contributed by atoms with Crippen LogP contribution < -0.4 is 5.73 Å². The van der Waals surface area contributed by atoms with Gasteiger partial charge >= 0.3 is 0 Å². The number of ether oxygens (including phenoxy) is 1. The first-order valence-corrected chi connectivity index (χ1v) is 6.95. The van der Waals surface area contributed by atoms with Gasteiger partial charge in [0.05, 0.1) is 12.7 Å². The summed E-state index contributed by atoms with van der Waals surface area (Å²) in [4.78, 5) is 14.4. The van der Waals surface area contributed by atoms with Gasteiger partial charge in [0, 0.05) is 31.9 Å². The molecule has 5 heteroatoms. The van der Waals surface area contributed by atoms with E-state index in [1.54, 1.807) is 0 Å². The fraction of sp³-hybridized carbons (Fsp3) is 0.643. The van der Waals surface area contributed by atoms with Crippen LogP contribution in [-0.2, 0) is 11.3 Å². The second-order valence-electron chi connectivity index (χ2n) is 5.11. The molecule has 0 saturated carbocycles. The summed E-state index contributed by atoms with van der Waals surface area (Å²) in [5.41, 5.74) is 6.61. The van der Waals surface area contributed by atoms with Crippen LogP contribution in [0.3, 0.4) is 0 Å². The van der Waals surface area contributed by atoms with Crippen molar-refractivity contribution in [2.24, 2.45) is 5.73 Å². The van der Waals surface area contributed by atoms with E-state index >= 15 is 0 Å². The summed E-state index contributed by atoms with van der Waals surface area (Å²) >= 11 is 0. The summed E-state index contributed by atoms with van der Waals surface area (Å²) in [6, 6.07) is 3.75. The summed E-state index contributed by atoms with van der Waals surface area (Å²) in [6.45, 7) is 6.67. The smallest absolute Gasteiger partial charge is 0.270 e. The molecule has 0 aromatic carbocycles. The van der Waals surface area contributed by atoms with E-state index in [9.17, 15) is 4.79 Å². The Morgan fingerprint density at radius 1 is 1.63 bits per heavy atom. The number of hydrogen-bond acceptors (Lipinski definition) is 3. The minimum atomic E-state index is -0.0627. The molecule has 0 aliphatic carbocycles. The summed E-state index contributed by atoms with van der Waals surface area (Å²) in [7, 11) is 0. The van der Waals surface area contributed by atoms with Gasteiger partial charge in [-0.25, -0.2) is 0 Å². The van der Waals surface area contributed by atoms with Gasteiger partial charge in [-0.3, -0.25) is 4.79 Å². The topological polar surface area (TPSA) is 60.5 Å². The summed E-state index contributed by atoms with van der Waals surface area (Å²) in [6.07, 6.45) is 2.91. The molecule has 2 unspecified atom stereocenters. The molecule has 0 bridgehead atoms. The maximum atomic E-state index is 12.5. The van der Waals surface area contributed by atoms with E-state index in [1.807, 2.05) is 34.7 Å². The lowest BCUT2D eigenvalue weighted by Crippen LogP contribution is -2.51. The van der Waals surface area contributed by atoms with Crippen LogP contribution in [0, 0.1) is 0 Å². The highest BCUT2D eigenvalue weighted by Gasteiger charge is 2.28. The number of hydrogen-bond donors (Lipinski definition) is 1. The largest absolute Gasteiger partial charge is 0.373 e. The van der Waals surface area contributed by atoms with Crippen LogP contribution in [0.5, 0.6) is 0 Å². The van der Waals surface area contributed by atoms with Gasteiger partial charge in [-0.15, -0.1) is 0 Å². The highest BCUT2D eigenvalue weighted by Crippen LogP contribution is 2.13. The summed E-state index contributed by atoms with van der Waals surface area (Å²) < 4.78 is 7.60. The van der Waals surface area contributed by atoms with Gasteiger partial charge in [0.15, 0.2) is 0 Å². The van der Waals surface area contributed by atoms with E-state index in [0.29, 0.717) is 19.7 Å². The third-order valence-electron chi connectivity index (χ3n) is 3.48. The molecular weight excluding hydrogens is 242 g/mol. The van der Waals surface area contributed by atoms with Crippen molar-refractivity contribution in [2.45, 2.75) is 39.0 Å². The van der Waals surface area contributed by atoms with E-state index in [-0.39, 0.29) is 18.1 Å². The van der Waals surface area contributed by atoms with Crippen LogP contribution >= 0.6 is 0 Å². The Kier molecular flexibility index (Phi) is 4.61. The van der Waals surface area contributed by atoms with Crippen molar-refractivity contribution < 1.29 is 9.53 Å². The first-order valence-electron chi connectivity index (χ1n) is 6.95. The number of aryl methyl sites for hydroxylation is 1. The van der Waals surface area contributed by atoms with E-state index < -0.39 is 0 Å². The Morgan fingerprint density at radius 3 is 3.11 bits per heavy atom. The van der Waals surface area contributed by atoms with Crippen molar-refractivity contribution in [2.75, 3.05) is 19.7 Å². The Balaban J connectivity index is 2.08. The van der Waals surface area contributed by atoms with E-state index in [4.69, 9.17) is 10.5 Å². The summed E-state index contributed by atoms with van der Waals surface area (Å²) in [5, 5.41) is 0. The third-order valence-corrected chi connectivity index (χ3v) is 3.48. The highest BCUT2D eigenvalue weighted by molar-refractivity contribution is 5.92. The molecule has 1 fully saturated rings. The van der Waals surface area contributed by atoms with Crippen LogP contribution in [0.2, 0.25) is 0 Å². The minimum Gasteiger partial charge on any atom is -0.373 e. The zero-order chi connectivity index (χ0) is 13.8. The molecule has 1 aliphatic rings. The fourth-order valence-corrected chi connectivity index (χ4v) is 2.38. The SMILES string of the molecule is CCCn1cccc1C(=O)N1CCOC(C(C)N)C1. The molecular formula is C14H23N3O2. The molecule has 2 heterocycles. The average Bonchev–Trinajstić information content (AvgIpc) is 2.86. The molecule has 1 aromatic heterocycles. The van der Waals surface area contributed by atoms with Gasteiger partial charge < -0.3 is 19.9 Å². The molecule has 1 aliphatic heterocycles. The van der Waals surface area contributed by atoms with Crippen molar-refractivity contribution in [3.8, 4) is 0 Å². The Bertz CT molecular complexity index is 428. The lowest BCUT2D eigenvalue weighted by atomic mass is 10.1. The van der Waals surface area contributed by atoms with Crippen molar-refractivity contribution in [3.05, 3.63) is 24.0 Å². The lowest BCUT2D eigenvalue weighted by molar-refractivity contribution is -0.0303. The molecule has 0 spiro atoms. The second kappa shape index (κ2) is 6.21. The van der Waals surface area contributed by atoms with Crippen LogP contribution in [0.25, 0.3) is 0 Å². The normalized spacial score (nSPS) is 21.4. The Morgan fingerprint density at radius 2 is 2.42 bits per heavy atom. The van der Waals surface area contributed by atoms with Crippen LogP contribution in [0.15, 0.2) is 18.3 Å². The molecule has 1 saturated heterocycles. The number of rotatable bonds is 4. The van der Waals surface area contributed by atoms with Crippen molar-refractivity contribution in [1.29, 1.82) is 0 Å². The second-order valence-corrected chi connectivity index (χ2v) is 5.11. The first-order chi connectivity index (χ1) is 9.13. The first kappa shape index (κ1) is 14.1.